The molecule has 1 aliphatic rings. The number of carbonyl (C=O) groups is 2. The number of hydrogen-bond acceptors (Lipinski definition) is 9. The van der Waals surface area contributed by atoms with Gasteiger partial charge in [-0.2, -0.15) is 0 Å². The van der Waals surface area contributed by atoms with Crippen LogP contribution in [0.3, 0.4) is 0 Å². The minimum atomic E-state index is -4.37. The third-order valence-electron chi connectivity index (χ3n) is 4.24. The molecule has 140 valence electrons. The first-order valence-electron chi connectivity index (χ1n) is 7.63. The highest BCUT2D eigenvalue weighted by Crippen LogP contribution is 2.39. The lowest BCUT2D eigenvalue weighted by Gasteiger charge is -2.38. The molecule has 9 nitrogen and oxygen atoms in total. The third-order valence-corrected chi connectivity index (χ3v) is 6.58. The lowest BCUT2D eigenvalue weighted by molar-refractivity contribution is -0.142. The van der Waals surface area contributed by atoms with Crippen LogP contribution >= 0.6 is 0 Å². The van der Waals surface area contributed by atoms with Gasteiger partial charge in [0, 0.05) is 0 Å². The summed E-state index contributed by atoms with van der Waals surface area (Å²) >= 11 is 0. The number of methoxy groups -OCH3 is 2. The van der Waals surface area contributed by atoms with Gasteiger partial charge in [0.25, 0.3) is 0 Å². The largest absolute Gasteiger partial charge is 0.468 e. The number of nitrogens with one attached hydrogen (secondary N) is 1. The van der Waals surface area contributed by atoms with Gasteiger partial charge < -0.3 is 18.3 Å². The monoisotopic (exact) mass is 383 g/mol. The van der Waals surface area contributed by atoms with Gasteiger partial charge in [-0.25, -0.2) is 8.42 Å². The molecular weight excluding hydrogens is 366 g/mol. The van der Waals surface area contributed by atoms with Gasteiger partial charge in [0.2, 0.25) is 0 Å². The van der Waals surface area contributed by atoms with Crippen molar-refractivity contribution in [2.75, 3.05) is 14.2 Å². The van der Waals surface area contributed by atoms with Crippen molar-refractivity contribution >= 4 is 21.8 Å². The number of esters is 2. The Balaban J connectivity index is 2.17. The molecule has 1 aliphatic heterocycles. The Morgan fingerprint density at radius 2 is 1.35 bits per heavy atom. The van der Waals surface area contributed by atoms with Crippen molar-refractivity contribution in [3.05, 3.63) is 48.3 Å². The van der Waals surface area contributed by atoms with E-state index in [1.807, 2.05) is 0 Å². The van der Waals surface area contributed by atoms with Gasteiger partial charge in [-0.05, 0) is 24.3 Å². The van der Waals surface area contributed by atoms with Gasteiger partial charge in [0.1, 0.15) is 11.5 Å². The zero-order chi connectivity index (χ0) is 18.9. The third kappa shape index (κ3) is 2.90. The molecule has 0 spiro atoms. The van der Waals surface area contributed by atoms with E-state index in [0.717, 1.165) is 14.2 Å². The van der Waals surface area contributed by atoms with Crippen LogP contribution < -0.4 is 5.32 Å². The summed E-state index contributed by atoms with van der Waals surface area (Å²) in [5.41, 5.74) is 0. The molecule has 0 aliphatic carbocycles. The molecule has 4 atom stereocenters. The second-order valence-electron chi connectivity index (χ2n) is 5.63. The Hall–Kier alpha value is -2.59. The predicted molar refractivity (Wildman–Crippen MR) is 86.6 cm³/mol. The Labute approximate surface area is 149 Å². The van der Waals surface area contributed by atoms with Crippen molar-refractivity contribution in [3.8, 4) is 0 Å². The highest BCUT2D eigenvalue weighted by atomic mass is 32.2. The summed E-state index contributed by atoms with van der Waals surface area (Å²) in [7, 11) is -2.22. The van der Waals surface area contributed by atoms with Crippen LogP contribution in [0, 0.1) is 0 Å². The minimum absolute atomic E-state index is 0.212. The Morgan fingerprint density at radius 3 is 1.65 bits per heavy atom. The average molecular weight is 383 g/mol. The first-order chi connectivity index (χ1) is 12.4. The molecule has 26 heavy (non-hydrogen) atoms. The molecule has 1 fully saturated rings. The van der Waals surface area contributed by atoms with Crippen LogP contribution in [0.2, 0.25) is 0 Å². The van der Waals surface area contributed by atoms with Gasteiger partial charge in [-0.15, -0.1) is 0 Å². The van der Waals surface area contributed by atoms with Crippen LogP contribution in [0.4, 0.5) is 0 Å². The standard InChI is InChI=1S/C16H17NO8S/c1-22-15(18)13-11(9-5-3-7-24-9)17-12(10-6-4-8-25-10)14(16(19)23-2)26(13,20)21/h3-8,11-14,17H,1-2H3/t11-,12+,13-,14+. The molecule has 0 unspecified atom stereocenters. The van der Waals surface area contributed by atoms with E-state index < -0.39 is 44.4 Å². The first-order valence-corrected chi connectivity index (χ1v) is 9.24. The second-order valence-corrected chi connectivity index (χ2v) is 7.82. The van der Waals surface area contributed by atoms with Crippen molar-refractivity contribution in [1.29, 1.82) is 0 Å². The summed E-state index contributed by atoms with van der Waals surface area (Å²) in [5.74, 6) is -1.59. The van der Waals surface area contributed by atoms with Crippen molar-refractivity contribution in [2.45, 2.75) is 22.6 Å². The number of carbonyl (C=O) groups excluding carboxylic acids is 2. The lowest BCUT2D eigenvalue weighted by Crippen LogP contribution is -2.59. The van der Waals surface area contributed by atoms with Crippen molar-refractivity contribution in [2.24, 2.45) is 0 Å². The molecule has 0 bridgehead atoms. The van der Waals surface area contributed by atoms with E-state index in [1.165, 1.54) is 24.7 Å². The molecule has 0 saturated carbocycles. The molecule has 2 aromatic rings. The zero-order valence-electron chi connectivity index (χ0n) is 13.9. The van der Waals surface area contributed by atoms with E-state index in [0.29, 0.717) is 0 Å². The maximum atomic E-state index is 13.2. The molecule has 2 aromatic heterocycles. The van der Waals surface area contributed by atoms with Crippen LogP contribution in [0.15, 0.2) is 45.6 Å². The Bertz CT molecular complexity index is 805. The second kappa shape index (κ2) is 6.96. The summed E-state index contributed by atoms with van der Waals surface area (Å²) in [6.07, 6.45) is 2.71. The van der Waals surface area contributed by atoms with E-state index in [2.05, 4.69) is 14.8 Å². The fraction of sp³-hybridized carbons (Fsp3) is 0.375. The maximum absolute atomic E-state index is 13.2. The normalized spacial score (nSPS) is 27.6. The average Bonchev–Trinajstić information content (AvgIpc) is 3.32. The van der Waals surface area contributed by atoms with Crippen molar-refractivity contribution in [3.63, 3.8) is 0 Å². The predicted octanol–water partition coefficient (Wildman–Crippen LogP) is 0.756. The van der Waals surface area contributed by atoms with E-state index in [4.69, 9.17) is 8.83 Å². The molecule has 0 radical (unpaired) electrons. The number of rotatable bonds is 4. The van der Waals surface area contributed by atoms with E-state index in [-0.39, 0.29) is 11.5 Å². The van der Waals surface area contributed by atoms with Crippen LogP contribution in [0.5, 0.6) is 0 Å². The van der Waals surface area contributed by atoms with Gasteiger partial charge in [-0.1, -0.05) is 0 Å². The molecule has 0 amide bonds. The molecule has 3 heterocycles. The molecular formula is C16H17NO8S. The molecule has 10 heteroatoms. The van der Waals surface area contributed by atoms with Crippen molar-refractivity contribution < 1.29 is 36.3 Å². The van der Waals surface area contributed by atoms with Crippen LogP contribution in [0.25, 0.3) is 0 Å². The molecule has 3 rings (SSSR count). The molecule has 0 aromatic carbocycles. The van der Waals surface area contributed by atoms with Crippen molar-refractivity contribution in [1.82, 2.24) is 5.32 Å². The topological polar surface area (TPSA) is 125 Å². The number of ether oxygens (including phenoxy) is 2. The maximum Gasteiger partial charge on any atom is 0.326 e. The number of sulfone groups is 1. The first kappa shape index (κ1) is 18.2. The molecule has 1 saturated heterocycles. The summed E-state index contributed by atoms with van der Waals surface area (Å²) in [6, 6.07) is 4.04. The lowest BCUT2D eigenvalue weighted by atomic mass is 10.0. The fourth-order valence-electron chi connectivity index (χ4n) is 3.08. The summed E-state index contributed by atoms with van der Waals surface area (Å²) in [6.45, 7) is 0. The van der Waals surface area contributed by atoms with E-state index in [9.17, 15) is 18.0 Å². The smallest absolute Gasteiger partial charge is 0.326 e. The Kier molecular flexibility index (Phi) is 4.88. The van der Waals surface area contributed by atoms with Crippen LogP contribution in [-0.2, 0) is 28.9 Å². The summed E-state index contributed by atoms with van der Waals surface area (Å²) < 4.78 is 46.3. The Morgan fingerprint density at radius 1 is 0.923 bits per heavy atom. The SMILES string of the molecule is COC(=O)[C@@H]1[C@H](c2ccco2)N[C@H](c2ccco2)[C@H](C(=O)OC)S1(=O)=O. The summed E-state index contributed by atoms with van der Waals surface area (Å²) in [5, 5.41) is -0.396. The zero-order valence-corrected chi connectivity index (χ0v) is 14.8. The quantitative estimate of drug-likeness (QED) is 0.761. The van der Waals surface area contributed by atoms with E-state index in [1.54, 1.807) is 12.1 Å². The van der Waals surface area contributed by atoms with Crippen LogP contribution in [0.1, 0.15) is 23.6 Å². The van der Waals surface area contributed by atoms with Gasteiger partial charge in [0.05, 0.1) is 38.8 Å². The number of hydrogen-bond donors (Lipinski definition) is 1. The van der Waals surface area contributed by atoms with Gasteiger partial charge in [-0.3, -0.25) is 14.9 Å². The van der Waals surface area contributed by atoms with Crippen LogP contribution in [-0.4, -0.2) is 45.1 Å². The minimum Gasteiger partial charge on any atom is -0.468 e. The highest BCUT2D eigenvalue weighted by molar-refractivity contribution is 7.94. The summed E-state index contributed by atoms with van der Waals surface area (Å²) in [4.78, 5) is 24.6. The number of furan rings is 2. The van der Waals surface area contributed by atoms with Gasteiger partial charge in [0.15, 0.2) is 20.3 Å². The fourth-order valence-corrected chi connectivity index (χ4v) is 5.31. The highest BCUT2D eigenvalue weighted by Gasteiger charge is 2.58. The molecule has 1 N–H and O–H groups in total. The van der Waals surface area contributed by atoms with E-state index >= 15 is 0 Å². The van der Waals surface area contributed by atoms with Gasteiger partial charge >= 0.3 is 11.9 Å².